The second-order valence-electron chi connectivity index (χ2n) is 15.3. The molecular weight excluding hydrogens is 743 g/mol. The van der Waals surface area contributed by atoms with E-state index in [1.54, 1.807) is 0 Å². The SMILES string of the molecule is Cc1ccc2ccc3c(-c4cccc(-c5ccc(-c6nc(-c7ccccc7)cc(-c7cccc(-c8cccc9ncccc89)c7)n6)cc5)c4)cc(-c4ccccc4)nc3c2n1. The Morgan fingerprint density at radius 1 is 0.328 bits per heavy atom. The molecule has 286 valence electrons. The van der Waals surface area contributed by atoms with Gasteiger partial charge in [-0.2, -0.15) is 0 Å². The van der Waals surface area contributed by atoms with E-state index in [1.807, 2.05) is 43.5 Å². The molecule has 4 aromatic heterocycles. The predicted octanol–water partition coefficient (Wildman–Crippen LogP) is 14.1. The van der Waals surface area contributed by atoms with Gasteiger partial charge in [0.1, 0.15) is 0 Å². The zero-order valence-corrected chi connectivity index (χ0v) is 33.4. The second-order valence-corrected chi connectivity index (χ2v) is 15.3. The highest BCUT2D eigenvalue weighted by molar-refractivity contribution is 6.09. The first-order valence-corrected chi connectivity index (χ1v) is 20.5. The minimum absolute atomic E-state index is 0.671. The lowest BCUT2D eigenvalue weighted by atomic mass is 9.94. The van der Waals surface area contributed by atoms with Crippen molar-refractivity contribution in [2.24, 2.45) is 0 Å². The molecule has 11 aromatic rings. The van der Waals surface area contributed by atoms with E-state index in [2.05, 4.69) is 175 Å². The standard InChI is InChI=1S/C56H37N5/c1-36-23-24-40-29-30-48-49(34-51(38-12-4-2-5-13-38)59-55(48)54(40)58-36)44-18-8-16-42(32-44)37-25-27-41(28-26-37)56-60-52(39-14-6-3-7-15-39)35-53(61-56)45-19-9-17-43(33-45)46-20-10-22-50-47(46)21-11-31-57-50/h2-35H,1H3. The molecule has 61 heavy (non-hydrogen) atoms. The van der Waals surface area contributed by atoms with E-state index in [-0.39, 0.29) is 0 Å². The molecule has 0 aliphatic carbocycles. The lowest BCUT2D eigenvalue weighted by Crippen LogP contribution is -1.96. The van der Waals surface area contributed by atoms with Crippen molar-refractivity contribution in [1.82, 2.24) is 24.9 Å². The van der Waals surface area contributed by atoms with Crippen molar-refractivity contribution in [3.63, 3.8) is 0 Å². The molecule has 0 amide bonds. The van der Waals surface area contributed by atoms with Crippen LogP contribution in [0.2, 0.25) is 0 Å². The van der Waals surface area contributed by atoms with Crippen LogP contribution in [0.25, 0.3) is 111 Å². The topological polar surface area (TPSA) is 64.5 Å². The van der Waals surface area contributed by atoms with Crippen LogP contribution in [0.3, 0.4) is 0 Å². The highest BCUT2D eigenvalue weighted by Crippen LogP contribution is 2.38. The number of pyridine rings is 3. The fourth-order valence-electron chi connectivity index (χ4n) is 8.32. The van der Waals surface area contributed by atoms with Crippen LogP contribution in [-0.2, 0) is 0 Å². The third kappa shape index (κ3) is 6.88. The summed E-state index contributed by atoms with van der Waals surface area (Å²) in [6.45, 7) is 2.03. The summed E-state index contributed by atoms with van der Waals surface area (Å²) in [4.78, 5) is 25.1. The zero-order valence-electron chi connectivity index (χ0n) is 33.4. The molecule has 5 heteroatoms. The number of fused-ring (bicyclic) bond motifs is 4. The Labute approximate surface area is 353 Å². The summed E-state index contributed by atoms with van der Waals surface area (Å²) in [6, 6.07) is 69.9. The fourth-order valence-corrected chi connectivity index (χ4v) is 8.32. The summed E-state index contributed by atoms with van der Waals surface area (Å²) >= 11 is 0. The molecule has 0 atom stereocenters. The van der Waals surface area contributed by atoms with Crippen LogP contribution in [0.1, 0.15) is 5.69 Å². The van der Waals surface area contributed by atoms with Crippen LogP contribution in [0.5, 0.6) is 0 Å². The number of nitrogens with zero attached hydrogens (tertiary/aromatic N) is 5. The van der Waals surface area contributed by atoms with Gasteiger partial charge in [0.2, 0.25) is 0 Å². The molecule has 7 aromatic carbocycles. The summed E-state index contributed by atoms with van der Waals surface area (Å²) in [5.41, 5.74) is 17.2. The van der Waals surface area contributed by atoms with Crippen molar-refractivity contribution in [3.05, 3.63) is 212 Å². The molecule has 0 fully saturated rings. The Morgan fingerprint density at radius 3 is 1.70 bits per heavy atom. The van der Waals surface area contributed by atoms with E-state index >= 15 is 0 Å². The van der Waals surface area contributed by atoms with Gasteiger partial charge in [0.15, 0.2) is 5.82 Å². The van der Waals surface area contributed by atoms with E-state index in [0.29, 0.717) is 5.82 Å². The van der Waals surface area contributed by atoms with Gasteiger partial charge in [-0.25, -0.2) is 15.0 Å². The van der Waals surface area contributed by atoms with E-state index in [1.165, 1.54) is 0 Å². The van der Waals surface area contributed by atoms with Crippen molar-refractivity contribution in [3.8, 4) is 78.5 Å². The minimum Gasteiger partial charge on any atom is -0.256 e. The summed E-state index contributed by atoms with van der Waals surface area (Å²) in [7, 11) is 0. The molecule has 5 nitrogen and oxygen atoms in total. The van der Waals surface area contributed by atoms with Gasteiger partial charge in [-0.05, 0) is 82.8 Å². The highest BCUT2D eigenvalue weighted by atomic mass is 14.9. The Morgan fingerprint density at radius 2 is 0.934 bits per heavy atom. The molecule has 0 bridgehead atoms. The van der Waals surface area contributed by atoms with Crippen molar-refractivity contribution in [1.29, 1.82) is 0 Å². The monoisotopic (exact) mass is 779 g/mol. The molecule has 0 N–H and O–H groups in total. The Balaban J connectivity index is 0.984. The quantitative estimate of drug-likeness (QED) is 0.151. The van der Waals surface area contributed by atoms with Gasteiger partial charge in [0, 0.05) is 50.3 Å². The average Bonchev–Trinajstić information content (AvgIpc) is 3.34. The molecular formula is C56H37N5. The molecule has 0 aliphatic rings. The van der Waals surface area contributed by atoms with Crippen LogP contribution in [-0.4, -0.2) is 24.9 Å². The molecule has 0 saturated carbocycles. The van der Waals surface area contributed by atoms with Gasteiger partial charge >= 0.3 is 0 Å². The van der Waals surface area contributed by atoms with Crippen molar-refractivity contribution in [2.75, 3.05) is 0 Å². The number of hydrogen-bond donors (Lipinski definition) is 0. The molecule has 0 aliphatic heterocycles. The van der Waals surface area contributed by atoms with Crippen molar-refractivity contribution >= 4 is 32.7 Å². The predicted molar refractivity (Wildman–Crippen MR) is 251 cm³/mol. The number of aryl methyl sites for hydroxylation is 1. The van der Waals surface area contributed by atoms with E-state index in [9.17, 15) is 0 Å². The maximum atomic E-state index is 5.22. The zero-order chi connectivity index (χ0) is 40.7. The Kier molecular flexibility index (Phi) is 8.98. The van der Waals surface area contributed by atoms with Gasteiger partial charge in [0.25, 0.3) is 0 Å². The second kappa shape index (κ2) is 15.2. The normalized spacial score (nSPS) is 11.4. The molecule has 11 rings (SSSR count). The fraction of sp³-hybridized carbons (Fsp3) is 0.0179. The molecule has 0 unspecified atom stereocenters. The number of benzene rings is 7. The average molecular weight is 780 g/mol. The number of aromatic nitrogens is 5. The number of rotatable bonds is 7. The third-order valence-corrected chi connectivity index (χ3v) is 11.4. The van der Waals surface area contributed by atoms with Crippen molar-refractivity contribution < 1.29 is 0 Å². The largest absolute Gasteiger partial charge is 0.256 e. The van der Waals surface area contributed by atoms with Crippen LogP contribution in [0.15, 0.2) is 206 Å². The first-order valence-electron chi connectivity index (χ1n) is 20.5. The smallest absolute Gasteiger partial charge is 0.160 e. The first-order chi connectivity index (χ1) is 30.1. The maximum absolute atomic E-state index is 5.22. The van der Waals surface area contributed by atoms with Crippen LogP contribution in [0, 0.1) is 6.92 Å². The van der Waals surface area contributed by atoms with Crippen LogP contribution < -0.4 is 0 Å². The third-order valence-electron chi connectivity index (χ3n) is 11.4. The lowest BCUT2D eigenvalue weighted by Gasteiger charge is -2.14. The highest BCUT2D eigenvalue weighted by Gasteiger charge is 2.16. The summed E-state index contributed by atoms with van der Waals surface area (Å²) in [5.74, 6) is 0.671. The summed E-state index contributed by atoms with van der Waals surface area (Å²) < 4.78 is 0. The van der Waals surface area contributed by atoms with E-state index in [4.69, 9.17) is 19.9 Å². The molecule has 0 spiro atoms. The first kappa shape index (κ1) is 36.0. The van der Waals surface area contributed by atoms with Crippen LogP contribution in [0.4, 0.5) is 0 Å². The Hall–Kier alpha value is -8.15. The van der Waals surface area contributed by atoms with E-state index in [0.717, 1.165) is 111 Å². The maximum Gasteiger partial charge on any atom is 0.160 e. The molecule has 0 saturated heterocycles. The van der Waals surface area contributed by atoms with Crippen molar-refractivity contribution in [2.45, 2.75) is 6.92 Å². The summed E-state index contributed by atoms with van der Waals surface area (Å²) in [5, 5.41) is 3.27. The lowest BCUT2D eigenvalue weighted by molar-refractivity contribution is 1.18. The van der Waals surface area contributed by atoms with Gasteiger partial charge in [-0.1, -0.05) is 158 Å². The van der Waals surface area contributed by atoms with Gasteiger partial charge < -0.3 is 0 Å². The molecule has 4 heterocycles. The Bertz CT molecular complexity index is 3410. The summed E-state index contributed by atoms with van der Waals surface area (Å²) in [6.07, 6.45) is 1.84. The van der Waals surface area contributed by atoms with Gasteiger partial charge in [-0.3, -0.25) is 9.97 Å². The van der Waals surface area contributed by atoms with E-state index < -0.39 is 0 Å². The van der Waals surface area contributed by atoms with Gasteiger partial charge in [0.05, 0.1) is 33.6 Å². The van der Waals surface area contributed by atoms with Crippen LogP contribution >= 0.6 is 0 Å². The van der Waals surface area contributed by atoms with Gasteiger partial charge in [-0.15, -0.1) is 0 Å². The number of hydrogen-bond acceptors (Lipinski definition) is 5. The molecule has 0 radical (unpaired) electrons. The minimum atomic E-state index is 0.671.